The molecule has 0 unspecified atom stereocenters. The Hall–Kier alpha value is -1.01. The van der Waals surface area contributed by atoms with Crippen molar-refractivity contribution in [3.05, 3.63) is 72.3 Å². The summed E-state index contributed by atoms with van der Waals surface area (Å²) < 4.78 is 23.8. The average molecular weight is 376 g/mol. The maximum Gasteiger partial charge on any atom is 0.123 e. The molecule has 0 radical (unpaired) electrons. The van der Waals surface area contributed by atoms with Gasteiger partial charge in [0.15, 0.2) is 0 Å². The van der Waals surface area contributed by atoms with Crippen LogP contribution in [0.25, 0.3) is 0 Å². The number of hydrogen-bond donors (Lipinski definition) is 0. The van der Waals surface area contributed by atoms with Crippen molar-refractivity contribution in [2.75, 3.05) is 0 Å². The first kappa shape index (κ1) is 14.0. The van der Waals surface area contributed by atoms with Gasteiger partial charge in [-0.15, -0.1) is 0 Å². The van der Waals surface area contributed by atoms with Gasteiger partial charge in [0, 0.05) is 21.1 Å². The van der Waals surface area contributed by atoms with Crippen molar-refractivity contribution in [3.8, 4) is 0 Å². The molecule has 0 aliphatic rings. The Bertz CT molecular complexity index is 311. The Morgan fingerprint density at radius 1 is 0.533 bits per heavy atom. The van der Waals surface area contributed by atoms with Crippen LogP contribution in [0.4, 0.5) is 8.78 Å². The topological polar surface area (TPSA) is 0 Å². The predicted octanol–water partition coefficient (Wildman–Crippen LogP) is 3.65. The van der Waals surface area contributed by atoms with E-state index in [1.165, 1.54) is 24.3 Å². The average Bonchev–Trinajstić information content (AvgIpc) is 2.21. The SMILES string of the molecule is Fc1ccccc1.Fc1ccccc1.[W]. The fourth-order valence-electron chi connectivity index (χ4n) is 0.829. The zero-order chi connectivity index (χ0) is 10.2. The van der Waals surface area contributed by atoms with Crippen LogP contribution in [0.15, 0.2) is 60.7 Å². The summed E-state index contributed by atoms with van der Waals surface area (Å²) in [6.07, 6.45) is 0. The summed E-state index contributed by atoms with van der Waals surface area (Å²) in [7, 11) is 0. The smallest absolute Gasteiger partial charge is 0.123 e. The van der Waals surface area contributed by atoms with Gasteiger partial charge in [-0.3, -0.25) is 0 Å². The third kappa shape index (κ3) is 6.98. The summed E-state index contributed by atoms with van der Waals surface area (Å²) in [6.45, 7) is 0. The summed E-state index contributed by atoms with van der Waals surface area (Å²) >= 11 is 0. The summed E-state index contributed by atoms with van der Waals surface area (Å²) in [5, 5.41) is 0. The second-order valence-electron chi connectivity index (χ2n) is 2.59. The van der Waals surface area contributed by atoms with Gasteiger partial charge in [-0.2, -0.15) is 0 Å². The van der Waals surface area contributed by atoms with Gasteiger partial charge in [0.2, 0.25) is 0 Å². The zero-order valence-electron chi connectivity index (χ0n) is 7.94. The molecule has 78 valence electrons. The van der Waals surface area contributed by atoms with E-state index in [-0.39, 0.29) is 32.7 Å². The molecule has 0 bridgehead atoms. The van der Waals surface area contributed by atoms with Gasteiger partial charge < -0.3 is 0 Å². The van der Waals surface area contributed by atoms with E-state index >= 15 is 0 Å². The Morgan fingerprint density at radius 3 is 0.933 bits per heavy atom. The van der Waals surface area contributed by atoms with Crippen molar-refractivity contribution in [2.45, 2.75) is 0 Å². The maximum atomic E-state index is 11.9. The second-order valence-corrected chi connectivity index (χ2v) is 2.59. The van der Waals surface area contributed by atoms with Crippen LogP contribution in [-0.2, 0) is 21.1 Å². The Labute approximate surface area is 102 Å². The Morgan fingerprint density at radius 2 is 0.800 bits per heavy atom. The summed E-state index contributed by atoms with van der Waals surface area (Å²) in [4.78, 5) is 0. The molecule has 0 atom stereocenters. The number of benzene rings is 2. The maximum absolute atomic E-state index is 11.9. The molecule has 2 aromatic rings. The predicted molar refractivity (Wildman–Crippen MR) is 52.8 cm³/mol. The first-order valence-electron chi connectivity index (χ1n) is 4.20. The molecule has 0 saturated heterocycles. The summed E-state index contributed by atoms with van der Waals surface area (Å²) in [5.74, 6) is -0.356. The van der Waals surface area contributed by atoms with Gasteiger partial charge in [-0.25, -0.2) is 8.78 Å². The van der Waals surface area contributed by atoms with Crippen molar-refractivity contribution < 1.29 is 29.8 Å². The molecule has 15 heavy (non-hydrogen) atoms. The minimum atomic E-state index is -0.178. The van der Waals surface area contributed by atoms with Crippen LogP contribution < -0.4 is 0 Å². The van der Waals surface area contributed by atoms with Crippen molar-refractivity contribution in [1.82, 2.24) is 0 Å². The van der Waals surface area contributed by atoms with Gasteiger partial charge in [-0.05, 0) is 24.3 Å². The van der Waals surface area contributed by atoms with Crippen LogP contribution >= 0.6 is 0 Å². The molecule has 0 aliphatic carbocycles. The summed E-state index contributed by atoms with van der Waals surface area (Å²) in [5.41, 5.74) is 0. The minimum absolute atomic E-state index is 0. The molecule has 3 heteroatoms. The molecule has 0 aliphatic heterocycles. The van der Waals surface area contributed by atoms with E-state index in [4.69, 9.17) is 0 Å². The van der Waals surface area contributed by atoms with Crippen LogP contribution in [0.1, 0.15) is 0 Å². The third-order valence-electron chi connectivity index (χ3n) is 1.47. The number of hydrogen-bond acceptors (Lipinski definition) is 0. The Kier molecular flexibility index (Phi) is 7.75. The van der Waals surface area contributed by atoms with Crippen molar-refractivity contribution in [2.24, 2.45) is 0 Å². The van der Waals surface area contributed by atoms with E-state index in [1.807, 2.05) is 0 Å². The molecule has 0 amide bonds. The van der Waals surface area contributed by atoms with Gasteiger partial charge in [-0.1, -0.05) is 36.4 Å². The normalized spacial score (nSPS) is 8.13. The molecule has 0 nitrogen and oxygen atoms in total. The van der Waals surface area contributed by atoms with E-state index in [0.29, 0.717) is 0 Å². The van der Waals surface area contributed by atoms with Crippen molar-refractivity contribution in [3.63, 3.8) is 0 Å². The summed E-state index contributed by atoms with van der Waals surface area (Å²) in [6, 6.07) is 15.9. The largest absolute Gasteiger partial charge is 0.207 e. The zero-order valence-corrected chi connectivity index (χ0v) is 10.9. The van der Waals surface area contributed by atoms with Crippen LogP contribution in [0, 0.1) is 11.6 Å². The van der Waals surface area contributed by atoms with Crippen LogP contribution in [0.2, 0.25) is 0 Å². The molecule has 2 rings (SSSR count). The number of halogens is 2. The molecule has 0 aromatic heterocycles. The minimum Gasteiger partial charge on any atom is -0.207 e. The fraction of sp³-hybridized carbons (Fsp3) is 0. The molecule has 2 aromatic carbocycles. The first-order valence-corrected chi connectivity index (χ1v) is 4.20. The van der Waals surface area contributed by atoms with E-state index in [2.05, 4.69) is 0 Å². The van der Waals surface area contributed by atoms with Gasteiger partial charge >= 0.3 is 0 Å². The molecular weight excluding hydrogens is 366 g/mol. The van der Waals surface area contributed by atoms with Gasteiger partial charge in [0.25, 0.3) is 0 Å². The van der Waals surface area contributed by atoms with Crippen LogP contribution in [-0.4, -0.2) is 0 Å². The van der Waals surface area contributed by atoms with E-state index in [1.54, 1.807) is 36.4 Å². The van der Waals surface area contributed by atoms with E-state index in [9.17, 15) is 8.78 Å². The van der Waals surface area contributed by atoms with E-state index in [0.717, 1.165) is 0 Å². The third-order valence-corrected chi connectivity index (χ3v) is 1.47. The van der Waals surface area contributed by atoms with Gasteiger partial charge in [0.05, 0.1) is 0 Å². The molecule has 0 fully saturated rings. The van der Waals surface area contributed by atoms with Crippen molar-refractivity contribution >= 4 is 0 Å². The molecule has 0 spiro atoms. The Balaban J connectivity index is 0.000000245. The van der Waals surface area contributed by atoms with Crippen molar-refractivity contribution in [1.29, 1.82) is 0 Å². The molecular formula is C12H10F2W. The molecule has 0 heterocycles. The molecule has 0 N–H and O–H groups in total. The monoisotopic (exact) mass is 376 g/mol. The molecule has 0 saturated carbocycles. The fourth-order valence-corrected chi connectivity index (χ4v) is 0.829. The quantitative estimate of drug-likeness (QED) is 0.659. The number of rotatable bonds is 0. The second kappa shape index (κ2) is 8.31. The van der Waals surface area contributed by atoms with Gasteiger partial charge in [0.1, 0.15) is 11.6 Å². The first-order chi connectivity index (χ1) is 6.79. The van der Waals surface area contributed by atoms with Crippen LogP contribution in [0.5, 0.6) is 0 Å². The van der Waals surface area contributed by atoms with Crippen LogP contribution in [0.3, 0.4) is 0 Å². The van der Waals surface area contributed by atoms with E-state index < -0.39 is 0 Å². The standard InChI is InChI=1S/2C6H5F.W/c2*7-6-4-2-1-3-5-6;/h2*1-5H;.